The molecule has 0 saturated heterocycles. The van der Waals surface area contributed by atoms with Crippen molar-refractivity contribution in [3.63, 3.8) is 0 Å². The highest BCUT2D eigenvalue weighted by Gasteiger charge is 2.41. The molecule has 4 aliphatic rings. The second-order valence-corrected chi connectivity index (χ2v) is 18.4. The van der Waals surface area contributed by atoms with E-state index < -0.39 is 0 Å². The van der Waals surface area contributed by atoms with Crippen LogP contribution < -0.4 is 10.4 Å². The Hall–Kier alpha value is -7.87. The molecule has 1 nitrogen and oxygen atoms in total. The number of hydrogen-bond acceptors (Lipinski definition) is 1. The second kappa shape index (κ2) is 14.3. The molecule has 65 heavy (non-hydrogen) atoms. The van der Waals surface area contributed by atoms with Crippen molar-refractivity contribution in [1.82, 2.24) is 4.98 Å². The SMILES string of the molecule is C1=CC2CC2C2=CCc3c(c(C4=CC=c5c(-c6ccccc6)c(-c6ccccc6)c6ccc(-c7cc8ccccc8c8cc9ccccc9cc78)nc6c5=CC4)cc4ccccc34)C=C12. The number of hydrogen-bond donors (Lipinski definition) is 0. The van der Waals surface area contributed by atoms with Gasteiger partial charge in [0.1, 0.15) is 0 Å². The minimum Gasteiger partial charge on any atom is -0.247 e. The van der Waals surface area contributed by atoms with E-state index in [0.717, 1.165) is 35.0 Å². The Balaban J connectivity index is 1.05. The van der Waals surface area contributed by atoms with Gasteiger partial charge in [-0.1, -0.05) is 170 Å². The number of rotatable bonds is 4. The van der Waals surface area contributed by atoms with Gasteiger partial charge in [-0.15, -0.1) is 0 Å². The van der Waals surface area contributed by atoms with Crippen LogP contribution >= 0.6 is 0 Å². The average molecular weight is 826 g/mol. The molecule has 1 heterocycles. The third-order valence-corrected chi connectivity index (χ3v) is 14.8. The first-order valence-electron chi connectivity index (χ1n) is 23.2. The minimum absolute atomic E-state index is 0.677. The fourth-order valence-corrected chi connectivity index (χ4v) is 11.6. The fraction of sp³-hybridized carbons (Fsp3) is 0.0781. The summed E-state index contributed by atoms with van der Waals surface area (Å²) in [4.78, 5) is 5.84. The first-order chi connectivity index (χ1) is 32.2. The van der Waals surface area contributed by atoms with Crippen molar-refractivity contribution >= 4 is 77.8 Å². The summed E-state index contributed by atoms with van der Waals surface area (Å²) in [7, 11) is 0. The Morgan fingerprint density at radius 1 is 0.477 bits per heavy atom. The van der Waals surface area contributed by atoms with Crippen molar-refractivity contribution in [2.75, 3.05) is 0 Å². The highest BCUT2D eigenvalue weighted by Crippen LogP contribution is 2.53. The first kappa shape index (κ1) is 36.6. The highest BCUT2D eigenvalue weighted by molar-refractivity contribution is 6.17. The molecule has 304 valence electrons. The number of benzene rings is 9. The lowest BCUT2D eigenvalue weighted by Gasteiger charge is -2.18. The molecule has 0 spiro atoms. The number of fused-ring (bicyclic) bond motifs is 13. The molecular formula is C64H43N. The summed E-state index contributed by atoms with van der Waals surface area (Å²) in [5.74, 6) is 1.39. The lowest BCUT2D eigenvalue weighted by atomic mass is 9.87. The van der Waals surface area contributed by atoms with Gasteiger partial charge in [-0.2, -0.15) is 0 Å². The molecule has 9 aromatic carbocycles. The molecule has 2 atom stereocenters. The van der Waals surface area contributed by atoms with E-state index >= 15 is 0 Å². The van der Waals surface area contributed by atoms with Crippen LogP contribution in [0, 0.1) is 11.8 Å². The molecule has 0 aliphatic heterocycles. The second-order valence-electron chi connectivity index (χ2n) is 18.4. The van der Waals surface area contributed by atoms with Crippen LogP contribution in [0.15, 0.2) is 205 Å². The van der Waals surface area contributed by atoms with Gasteiger partial charge in [0, 0.05) is 16.2 Å². The monoisotopic (exact) mass is 825 g/mol. The van der Waals surface area contributed by atoms with Gasteiger partial charge in [0.2, 0.25) is 0 Å². The van der Waals surface area contributed by atoms with Crippen LogP contribution in [0.25, 0.3) is 111 Å². The third kappa shape index (κ3) is 5.82. The molecule has 1 fully saturated rings. The quantitative estimate of drug-likeness (QED) is 0.127. The van der Waals surface area contributed by atoms with Crippen LogP contribution in [0.5, 0.6) is 0 Å². The average Bonchev–Trinajstić information content (AvgIpc) is 4.21. The van der Waals surface area contributed by atoms with Gasteiger partial charge in [-0.3, -0.25) is 0 Å². The molecule has 0 radical (unpaired) electrons. The Morgan fingerprint density at radius 3 is 1.92 bits per heavy atom. The van der Waals surface area contributed by atoms with Gasteiger partial charge in [0.05, 0.1) is 11.2 Å². The van der Waals surface area contributed by atoms with Crippen LogP contribution in [0.1, 0.15) is 29.5 Å². The first-order valence-corrected chi connectivity index (χ1v) is 23.2. The van der Waals surface area contributed by atoms with Gasteiger partial charge in [0.25, 0.3) is 0 Å². The van der Waals surface area contributed by atoms with Gasteiger partial charge in [-0.25, -0.2) is 4.98 Å². The Labute approximate surface area is 378 Å². The minimum atomic E-state index is 0.677. The van der Waals surface area contributed by atoms with Gasteiger partial charge < -0.3 is 0 Å². The summed E-state index contributed by atoms with van der Waals surface area (Å²) < 4.78 is 0. The molecule has 2 unspecified atom stereocenters. The summed E-state index contributed by atoms with van der Waals surface area (Å²) in [5, 5.41) is 13.6. The molecule has 0 bridgehead atoms. The number of pyridine rings is 1. The summed E-state index contributed by atoms with van der Waals surface area (Å²) in [6.45, 7) is 0. The topological polar surface area (TPSA) is 12.9 Å². The molecule has 1 heteroatoms. The van der Waals surface area contributed by atoms with Gasteiger partial charge >= 0.3 is 0 Å². The molecular weight excluding hydrogens is 783 g/mol. The Morgan fingerprint density at radius 2 is 1.14 bits per heavy atom. The zero-order valence-electron chi connectivity index (χ0n) is 35.9. The maximum Gasteiger partial charge on any atom is 0.0791 e. The zero-order chi connectivity index (χ0) is 42.6. The fourth-order valence-electron chi connectivity index (χ4n) is 11.6. The molecule has 0 amide bonds. The van der Waals surface area contributed by atoms with Crippen molar-refractivity contribution < 1.29 is 0 Å². The predicted molar refractivity (Wildman–Crippen MR) is 276 cm³/mol. The van der Waals surface area contributed by atoms with Crippen LogP contribution in [-0.4, -0.2) is 4.98 Å². The standard InChI is InChI=1S/C64H43N/c1-3-13-40(14-4-1)62-52-27-25-39(55-35-44-19-9-11-21-48(44)51-30-29-50-46(37-58(51)55)23-24-47-36-56(47)50)26-28-53(52)64-54(63(62)41-15-5-2-6-16-41)31-32-61(65-64)60-38-45-20-10-12-22-49(45)57-33-42-17-7-8-18-43(42)34-59(57)60/h1-25,27-29,31-35,37-38,47,56H,26,30,36H2. The van der Waals surface area contributed by atoms with E-state index in [4.69, 9.17) is 4.98 Å². The van der Waals surface area contributed by atoms with E-state index in [1.807, 2.05) is 0 Å². The van der Waals surface area contributed by atoms with Crippen LogP contribution in [0.4, 0.5) is 0 Å². The lowest BCUT2D eigenvalue weighted by molar-refractivity contribution is 0.913. The molecule has 10 aromatic rings. The van der Waals surface area contributed by atoms with Crippen LogP contribution in [0.3, 0.4) is 0 Å². The van der Waals surface area contributed by atoms with Crippen molar-refractivity contribution in [3.05, 3.63) is 232 Å². The number of aromatic nitrogens is 1. The van der Waals surface area contributed by atoms with E-state index in [2.05, 4.69) is 212 Å². The summed E-state index contributed by atoms with van der Waals surface area (Å²) in [6, 6.07) is 62.6. The highest BCUT2D eigenvalue weighted by atomic mass is 14.7. The molecule has 0 N–H and O–H groups in total. The number of allylic oxidation sites excluding steroid dienone is 7. The van der Waals surface area contributed by atoms with Gasteiger partial charge in [0.15, 0.2) is 0 Å². The van der Waals surface area contributed by atoms with E-state index in [-0.39, 0.29) is 0 Å². The lowest BCUT2D eigenvalue weighted by Crippen LogP contribution is -2.29. The van der Waals surface area contributed by atoms with E-state index in [1.165, 1.54) is 110 Å². The van der Waals surface area contributed by atoms with E-state index in [1.54, 1.807) is 5.57 Å². The zero-order valence-corrected chi connectivity index (χ0v) is 35.9. The summed E-state index contributed by atoms with van der Waals surface area (Å²) in [6.07, 6.45) is 20.3. The summed E-state index contributed by atoms with van der Waals surface area (Å²) >= 11 is 0. The normalized spacial score (nSPS) is 17.2. The number of nitrogens with zero attached hydrogens (tertiary/aromatic N) is 1. The largest absolute Gasteiger partial charge is 0.247 e. The van der Waals surface area contributed by atoms with Crippen LogP contribution in [0.2, 0.25) is 0 Å². The third-order valence-electron chi connectivity index (χ3n) is 14.8. The maximum absolute atomic E-state index is 5.84. The van der Waals surface area contributed by atoms with Crippen molar-refractivity contribution in [1.29, 1.82) is 0 Å². The molecule has 1 aromatic heterocycles. The van der Waals surface area contributed by atoms with Crippen molar-refractivity contribution in [2.45, 2.75) is 19.3 Å². The Bertz CT molecular complexity index is 3960. The van der Waals surface area contributed by atoms with Crippen molar-refractivity contribution in [2.24, 2.45) is 11.8 Å². The molecule has 1 saturated carbocycles. The van der Waals surface area contributed by atoms with Crippen LogP contribution in [-0.2, 0) is 6.42 Å². The van der Waals surface area contributed by atoms with E-state index in [0.29, 0.717) is 11.8 Å². The van der Waals surface area contributed by atoms with Gasteiger partial charge in [-0.05, 0) is 178 Å². The molecule has 4 aliphatic carbocycles. The van der Waals surface area contributed by atoms with Crippen molar-refractivity contribution in [3.8, 4) is 33.5 Å². The predicted octanol–water partition coefficient (Wildman–Crippen LogP) is 15.0. The van der Waals surface area contributed by atoms with E-state index in [9.17, 15) is 0 Å². The molecule has 14 rings (SSSR count). The summed E-state index contributed by atoms with van der Waals surface area (Å²) in [5.41, 5.74) is 16.4. The Kier molecular flexibility index (Phi) is 8.07. The maximum atomic E-state index is 5.84. The smallest absolute Gasteiger partial charge is 0.0791 e.